The highest BCUT2D eigenvalue weighted by Gasteiger charge is 2.17. The van der Waals surface area contributed by atoms with E-state index in [1.807, 2.05) is 36.4 Å². The Balaban J connectivity index is 1.36. The van der Waals surface area contributed by atoms with Gasteiger partial charge in [-0.3, -0.25) is 4.79 Å². The van der Waals surface area contributed by atoms with Gasteiger partial charge in [-0.15, -0.1) is 0 Å². The van der Waals surface area contributed by atoms with Crippen LogP contribution in [0.3, 0.4) is 0 Å². The number of amides is 1. The molecule has 0 bridgehead atoms. The summed E-state index contributed by atoms with van der Waals surface area (Å²) >= 11 is 0. The molecule has 3 aromatic carbocycles. The van der Waals surface area contributed by atoms with Gasteiger partial charge in [-0.25, -0.2) is 4.79 Å². The SMILES string of the molecule is O=C(COC(=O)c1ccc2c(c1)OCO2)Nc1ccc2ccccc2c1. The van der Waals surface area contributed by atoms with Crippen molar-refractivity contribution >= 4 is 28.3 Å². The molecule has 0 spiro atoms. The van der Waals surface area contributed by atoms with Crippen LogP contribution in [0.5, 0.6) is 11.5 Å². The lowest BCUT2D eigenvalue weighted by atomic mass is 10.1. The van der Waals surface area contributed by atoms with Crippen LogP contribution in [0.15, 0.2) is 60.7 Å². The minimum Gasteiger partial charge on any atom is -0.454 e. The minimum absolute atomic E-state index is 0.127. The average molecular weight is 349 g/mol. The smallest absolute Gasteiger partial charge is 0.338 e. The number of fused-ring (bicyclic) bond motifs is 2. The maximum atomic E-state index is 12.1. The van der Waals surface area contributed by atoms with Crippen LogP contribution < -0.4 is 14.8 Å². The van der Waals surface area contributed by atoms with Crippen LogP contribution in [0.1, 0.15) is 10.4 Å². The summed E-state index contributed by atoms with van der Waals surface area (Å²) in [5, 5.41) is 4.82. The molecule has 0 saturated carbocycles. The molecule has 4 rings (SSSR count). The van der Waals surface area contributed by atoms with Crippen molar-refractivity contribution in [2.75, 3.05) is 18.7 Å². The Morgan fingerprint density at radius 1 is 0.923 bits per heavy atom. The molecule has 26 heavy (non-hydrogen) atoms. The molecule has 3 aromatic rings. The first kappa shape index (κ1) is 16.0. The van der Waals surface area contributed by atoms with Crippen LogP contribution in [0.4, 0.5) is 5.69 Å². The van der Waals surface area contributed by atoms with Crippen molar-refractivity contribution in [3.8, 4) is 11.5 Å². The van der Waals surface area contributed by atoms with Gasteiger partial charge in [0, 0.05) is 5.69 Å². The van der Waals surface area contributed by atoms with Crippen LogP contribution in [0.2, 0.25) is 0 Å². The zero-order valence-electron chi connectivity index (χ0n) is 13.7. The van der Waals surface area contributed by atoms with Gasteiger partial charge in [-0.05, 0) is 41.1 Å². The van der Waals surface area contributed by atoms with E-state index in [1.165, 1.54) is 6.07 Å². The molecule has 130 valence electrons. The van der Waals surface area contributed by atoms with Crippen molar-refractivity contribution in [3.63, 3.8) is 0 Å². The van der Waals surface area contributed by atoms with E-state index >= 15 is 0 Å². The molecule has 0 saturated heterocycles. The van der Waals surface area contributed by atoms with Crippen molar-refractivity contribution in [1.29, 1.82) is 0 Å². The predicted molar refractivity (Wildman–Crippen MR) is 95.4 cm³/mol. The predicted octanol–water partition coefficient (Wildman–Crippen LogP) is 3.36. The normalized spacial score (nSPS) is 12.0. The van der Waals surface area contributed by atoms with Gasteiger partial charge in [0.15, 0.2) is 18.1 Å². The molecule has 0 unspecified atom stereocenters. The van der Waals surface area contributed by atoms with Crippen LogP contribution in [0, 0.1) is 0 Å². The summed E-state index contributed by atoms with van der Waals surface area (Å²) in [7, 11) is 0. The fourth-order valence-electron chi connectivity index (χ4n) is 2.70. The lowest BCUT2D eigenvalue weighted by Gasteiger charge is -2.08. The van der Waals surface area contributed by atoms with E-state index in [0.717, 1.165) is 10.8 Å². The quantitative estimate of drug-likeness (QED) is 0.731. The molecule has 1 heterocycles. The molecule has 6 heteroatoms. The molecular formula is C20H15NO5. The van der Waals surface area contributed by atoms with Gasteiger partial charge >= 0.3 is 5.97 Å². The third-order valence-corrected chi connectivity index (χ3v) is 3.98. The fourth-order valence-corrected chi connectivity index (χ4v) is 2.70. The number of anilines is 1. The molecule has 0 aromatic heterocycles. The first-order valence-electron chi connectivity index (χ1n) is 8.04. The van der Waals surface area contributed by atoms with Crippen LogP contribution in [-0.4, -0.2) is 25.3 Å². The van der Waals surface area contributed by atoms with Crippen LogP contribution in [0.25, 0.3) is 10.8 Å². The highest BCUT2D eigenvalue weighted by atomic mass is 16.7. The van der Waals surface area contributed by atoms with Gasteiger partial charge in [0.05, 0.1) is 5.56 Å². The number of ether oxygens (including phenoxy) is 3. The van der Waals surface area contributed by atoms with Gasteiger partial charge in [-0.2, -0.15) is 0 Å². The average Bonchev–Trinajstić information content (AvgIpc) is 3.14. The summed E-state index contributed by atoms with van der Waals surface area (Å²) in [5.74, 6) is 0.0574. The molecule has 6 nitrogen and oxygen atoms in total. The fraction of sp³-hybridized carbons (Fsp3) is 0.100. The Labute approximate surface area is 149 Å². The number of hydrogen-bond donors (Lipinski definition) is 1. The molecule has 1 aliphatic rings. The number of rotatable bonds is 4. The van der Waals surface area contributed by atoms with Crippen LogP contribution in [-0.2, 0) is 9.53 Å². The topological polar surface area (TPSA) is 73.9 Å². The second-order valence-corrected chi connectivity index (χ2v) is 5.75. The summed E-state index contributed by atoms with van der Waals surface area (Å²) in [6, 6.07) is 18.2. The third kappa shape index (κ3) is 3.30. The summed E-state index contributed by atoms with van der Waals surface area (Å²) < 4.78 is 15.5. The van der Waals surface area contributed by atoms with E-state index in [-0.39, 0.29) is 13.4 Å². The van der Waals surface area contributed by atoms with E-state index in [0.29, 0.717) is 22.7 Å². The minimum atomic E-state index is -0.600. The summed E-state index contributed by atoms with van der Waals surface area (Å²) in [5.41, 5.74) is 0.945. The molecule has 1 amide bonds. The maximum absolute atomic E-state index is 12.1. The van der Waals surface area contributed by atoms with E-state index < -0.39 is 11.9 Å². The lowest BCUT2D eigenvalue weighted by molar-refractivity contribution is -0.119. The lowest BCUT2D eigenvalue weighted by Crippen LogP contribution is -2.20. The number of esters is 1. The van der Waals surface area contributed by atoms with Crippen molar-refractivity contribution in [3.05, 3.63) is 66.2 Å². The number of hydrogen-bond acceptors (Lipinski definition) is 5. The standard InChI is InChI=1S/C20H15NO5/c22-19(21-16-7-5-13-3-1-2-4-14(13)9-16)11-24-20(23)15-6-8-17-18(10-15)26-12-25-17/h1-10H,11-12H2,(H,21,22). The zero-order valence-corrected chi connectivity index (χ0v) is 13.7. The Hall–Kier alpha value is -3.54. The Kier molecular flexibility index (Phi) is 4.15. The highest BCUT2D eigenvalue weighted by Crippen LogP contribution is 2.32. The Bertz CT molecular complexity index is 998. The molecule has 0 radical (unpaired) electrons. The second-order valence-electron chi connectivity index (χ2n) is 5.75. The number of carbonyl (C=O) groups is 2. The Morgan fingerprint density at radius 3 is 2.62 bits per heavy atom. The van der Waals surface area contributed by atoms with Gasteiger partial charge in [0.2, 0.25) is 6.79 Å². The summed E-state index contributed by atoms with van der Waals surface area (Å²) in [6.45, 7) is -0.248. The number of carbonyl (C=O) groups excluding carboxylic acids is 2. The van der Waals surface area contributed by atoms with Crippen molar-refractivity contribution in [1.82, 2.24) is 0 Å². The zero-order chi connectivity index (χ0) is 17.9. The van der Waals surface area contributed by atoms with Gasteiger partial charge in [0.25, 0.3) is 5.91 Å². The van der Waals surface area contributed by atoms with Crippen molar-refractivity contribution in [2.45, 2.75) is 0 Å². The molecule has 0 atom stereocenters. The highest BCUT2D eigenvalue weighted by molar-refractivity contribution is 5.97. The van der Waals surface area contributed by atoms with Crippen molar-refractivity contribution < 1.29 is 23.8 Å². The maximum Gasteiger partial charge on any atom is 0.338 e. The van der Waals surface area contributed by atoms with E-state index in [4.69, 9.17) is 14.2 Å². The van der Waals surface area contributed by atoms with Crippen molar-refractivity contribution in [2.24, 2.45) is 0 Å². The van der Waals surface area contributed by atoms with Crippen LogP contribution >= 0.6 is 0 Å². The molecule has 1 N–H and O–H groups in total. The van der Waals surface area contributed by atoms with Gasteiger partial charge in [-0.1, -0.05) is 30.3 Å². The molecule has 1 aliphatic heterocycles. The largest absolute Gasteiger partial charge is 0.454 e. The first-order valence-corrected chi connectivity index (χ1v) is 8.04. The summed E-state index contributed by atoms with van der Waals surface area (Å²) in [6.07, 6.45) is 0. The first-order chi connectivity index (χ1) is 12.7. The molecular weight excluding hydrogens is 334 g/mol. The van der Waals surface area contributed by atoms with E-state index in [1.54, 1.807) is 18.2 Å². The molecule has 0 aliphatic carbocycles. The van der Waals surface area contributed by atoms with E-state index in [9.17, 15) is 9.59 Å². The number of benzene rings is 3. The third-order valence-electron chi connectivity index (χ3n) is 3.98. The number of nitrogens with one attached hydrogen (secondary N) is 1. The second kappa shape index (κ2) is 6.76. The monoisotopic (exact) mass is 349 g/mol. The van der Waals surface area contributed by atoms with E-state index in [2.05, 4.69) is 5.32 Å². The summed E-state index contributed by atoms with van der Waals surface area (Å²) in [4.78, 5) is 24.1. The Morgan fingerprint density at radius 2 is 1.73 bits per heavy atom. The molecule has 0 fully saturated rings. The van der Waals surface area contributed by atoms with Gasteiger partial charge < -0.3 is 19.5 Å². The van der Waals surface area contributed by atoms with Gasteiger partial charge in [0.1, 0.15) is 0 Å².